The van der Waals surface area contributed by atoms with Crippen LogP contribution in [0.3, 0.4) is 0 Å². The highest BCUT2D eigenvalue weighted by molar-refractivity contribution is 6.68. The molecule has 0 bridgehead atoms. The zero-order valence-electron chi connectivity index (χ0n) is 8.69. The van der Waals surface area contributed by atoms with Crippen LogP contribution >= 0.6 is 23.2 Å². The van der Waals surface area contributed by atoms with Gasteiger partial charge in [-0.25, -0.2) is 0 Å². The maximum Gasteiger partial charge on any atom is 0.256 e. The fraction of sp³-hybridized carbons (Fsp3) is 0. The molecule has 0 aliphatic rings. The molecule has 0 fully saturated rings. The Balaban J connectivity index is 2.30. The molecule has 2 nitrogen and oxygen atoms in total. The van der Waals surface area contributed by atoms with Crippen LogP contribution in [0.1, 0.15) is 10.4 Å². The second-order valence-corrected chi connectivity index (χ2v) is 4.11. The van der Waals surface area contributed by atoms with Gasteiger partial charge in [-0.05, 0) is 48.0 Å². The lowest BCUT2D eigenvalue weighted by Crippen LogP contribution is -1.94. The number of carbonyl (C=O) groups is 1. The van der Waals surface area contributed by atoms with Crippen LogP contribution in [0.2, 0.25) is 5.02 Å². The van der Waals surface area contributed by atoms with Crippen molar-refractivity contribution in [1.82, 2.24) is 0 Å². The summed E-state index contributed by atoms with van der Waals surface area (Å²) in [5.41, 5.74) is 0.337. The topological polar surface area (TPSA) is 26.3 Å². The third-order valence-electron chi connectivity index (χ3n) is 2.14. The molecule has 2 aromatic rings. The second kappa shape index (κ2) is 5.21. The molecule has 0 unspecified atom stereocenters. The van der Waals surface area contributed by atoms with Crippen molar-refractivity contribution in [3.63, 3.8) is 0 Å². The summed E-state index contributed by atoms with van der Waals surface area (Å²) >= 11 is 11.2. The van der Waals surface area contributed by atoms with E-state index in [4.69, 9.17) is 27.9 Å². The molecule has 0 aromatic heterocycles. The van der Waals surface area contributed by atoms with E-state index < -0.39 is 5.24 Å². The predicted molar refractivity (Wildman–Crippen MR) is 68.2 cm³/mol. The summed E-state index contributed by atoms with van der Waals surface area (Å²) in [6, 6.07) is 13.7. The highest BCUT2D eigenvalue weighted by Crippen LogP contribution is 2.27. The molecule has 2 rings (SSSR count). The van der Waals surface area contributed by atoms with Gasteiger partial charge in [0.1, 0.15) is 11.5 Å². The molecule has 0 amide bonds. The Labute approximate surface area is 109 Å². The Hall–Kier alpha value is -1.51. The summed E-state index contributed by atoms with van der Waals surface area (Å²) in [4.78, 5) is 11.2. The fourth-order valence-electron chi connectivity index (χ4n) is 1.35. The number of rotatable bonds is 3. The van der Waals surface area contributed by atoms with Crippen LogP contribution < -0.4 is 4.74 Å². The zero-order chi connectivity index (χ0) is 12.3. The molecule has 0 saturated carbocycles. The van der Waals surface area contributed by atoms with E-state index >= 15 is 0 Å². The maximum absolute atomic E-state index is 11.2. The molecule has 0 N–H and O–H groups in total. The maximum atomic E-state index is 11.2. The van der Waals surface area contributed by atoms with Crippen LogP contribution in [0.25, 0.3) is 0 Å². The molecule has 0 aliphatic heterocycles. The van der Waals surface area contributed by atoms with Crippen molar-refractivity contribution >= 4 is 28.4 Å². The first-order valence-electron chi connectivity index (χ1n) is 4.89. The summed E-state index contributed by atoms with van der Waals surface area (Å²) in [6.45, 7) is 0. The molecular weight excluding hydrogens is 259 g/mol. The van der Waals surface area contributed by atoms with Gasteiger partial charge in [0.2, 0.25) is 0 Å². The van der Waals surface area contributed by atoms with E-state index in [-0.39, 0.29) is 0 Å². The first-order chi connectivity index (χ1) is 8.16. The molecule has 0 aliphatic carbocycles. The van der Waals surface area contributed by atoms with Crippen molar-refractivity contribution in [2.24, 2.45) is 0 Å². The minimum Gasteiger partial charge on any atom is -0.457 e. The van der Waals surface area contributed by atoms with E-state index in [0.717, 1.165) is 0 Å². The van der Waals surface area contributed by atoms with Crippen LogP contribution in [0, 0.1) is 0 Å². The van der Waals surface area contributed by atoms with Crippen molar-refractivity contribution in [3.05, 3.63) is 59.1 Å². The van der Waals surface area contributed by atoms with Crippen molar-refractivity contribution in [1.29, 1.82) is 0 Å². The highest BCUT2D eigenvalue weighted by atomic mass is 35.5. The van der Waals surface area contributed by atoms with Gasteiger partial charge in [-0.1, -0.05) is 23.7 Å². The van der Waals surface area contributed by atoms with Gasteiger partial charge in [-0.2, -0.15) is 0 Å². The zero-order valence-corrected chi connectivity index (χ0v) is 10.2. The van der Waals surface area contributed by atoms with E-state index in [1.54, 1.807) is 48.5 Å². The van der Waals surface area contributed by atoms with Crippen molar-refractivity contribution in [3.8, 4) is 11.5 Å². The summed E-state index contributed by atoms with van der Waals surface area (Å²) < 4.78 is 5.56. The third kappa shape index (κ3) is 2.99. The van der Waals surface area contributed by atoms with Crippen LogP contribution in [-0.4, -0.2) is 5.24 Å². The first kappa shape index (κ1) is 12.0. The van der Waals surface area contributed by atoms with Gasteiger partial charge >= 0.3 is 0 Å². The van der Waals surface area contributed by atoms with Gasteiger partial charge < -0.3 is 4.74 Å². The quantitative estimate of drug-likeness (QED) is 0.764. The predicted octanol–water partition coefficient (Wildman–Crippen LogP) is 4.51. The Kier molecular flexibility index (Phi) is 3.67. The molecule has 4 heteroatoms. The molecule has 86 valence electrons. The lowest BCUT2D eigenvalue weighted by molar-refractivity contribution is 0.107. The lowest BCUT2D eigenvalue weighted by Gasteiger charge is -2.08. The fourth-order valence-corrected chi connectivity index (χ4v) is 1.63. The van der Waals surface area contributed by atoms with E-state index in [0.29, 0.717) is 22.1 Å². The van der Waals surface area contributed by atoms with Crippen LogP contribution in [0.5, 0.6) is 11.5 Å². The molecule has 0 saturated heterocycles. The Morgan fingerprint density at radius 2 is 1.65 bits per heavy atom. The van der Waals surface area contributed by atoms with Crippen LogP contribution in [-0.2, 0) is 0 Å². The standard InChI is InChI=1S/C13H8Cl2O2/c14-9-5-7-10(8-6-9)17-12-4-2-1-3-11(12)13(15)16/h1-8H. The summed E-state index contributed by atoms with van der Waals surface area (Å²) in [7, 11) is 0. The van der Waals surface area contributed by atoms with Gasteiger partial charge in [0, 0.05) is 5.02 Å². The van der Waals surface area contributed by atoms with E-state index in [1.165, 1.54) is 0 Å². The minimum absolute atomic E-state index is 0.337. The number of halogens is 2. The molecule has 0 spiro atoms. The van der Waals surface area contributed by atoms with E-state index in [1.807, 2.05) is 0 Å². The van der Waals surface area contributed by atoms with Crippen LogP contribution in [0.4, 0.5) is 0 Å². The number of ether oxygens (including phenoxy) is 1. The molecule has 0 atom stereocenters. The third-order valence-corrected chi connectivity index (χ3v) is 2.60. The van der Waals surface area contributed by atoms with Gasteiger partial charge in [-0.15, -0.1) is 0 Å². The number of benzene rings is 2. The normalized spacial score (nSPS) is 10.0. The van der Waals surface area contributed by atoms with Crippen molar-refractivity contribution in [2.45, 2.75) is 0 Å². The summed E-state index contributed by atoms with van der Waals surface area (Å²) in [5.74, 6) is 1.02. The average Bonchev–Trinajstić information content (AvgIpc) is 2.32. The van der Waals surface area contributed by atoms with Crippen molar-refractivity contribution in [2.75, 3.05) is 0 Å². The Bertz CT molecular complexity index is 535. The number of hydrogen-bond donors (Lipinski definition) is 0. The highest BCUT2D eigenvalue weighted by Gasteiger charge is 2.09. The Morgan fingerprint density at radius 3 is 2.29 bits per heavy atom. The van der Waals surface area contributed by atoms with E-state index in [9.17, 15) is 4.79 Å². The number of carbonyl (C=O) groups excluding carboxylic acids is 1. The Morgan fingerprint density at radius 1 is 1.00 bits per heavy atom. The monoisotopic (exact) mass is 266 g/mol. The van der Waals surface area contributed by atoms with Gasteiger partial charge in [0.15, 0.2) is 0 Å². The smallest absolute Gasteiger partial charge is 0.256 e. The van der Waals surface area contributed by atoms with Crippen LogP contribution in [0.15, 0.2) is 48.5 Å². The van der Waals surface area contributed by atoms with Gasteiger partial charge in [-0.3, -0.25) is 4.79 Å². The van der Waals surface area contributed by atoms with Crippen molar-refractivity contribution < 1.29 is 9.53 Å². The number of hydrogen-bond acceptors (Lipinski definition) is 2. The van der Waals surface area contributed by atoms with Gasteiger partial charge in [0.25, 0.3) is 5.24 Å². The second-order valence-electron chi connectivity index (χ2n) is 3.33. The molecule has 0 heterocycles. The summed E-state index contributed by atoms with van der Waals surface area (Å²) in [5, 5.41) is 0.0774. The molecule has 2 aromatic carbocycles. The summed E-state index contributed by atoms with van der Waals surface area (Å²) in [6.07, 6.45) is 0. The average molecular weight is 267 g/mol. The van der Waals surface area contributed by atoms with E-state index in [2.05, 4.69) is 0 Å². The molecule has 17 heavy (non-hydrogen) atoms. The molecule has 0 radical (unpaired) electrons. The largest absolute Gasteiger partial charge is 0.457 e. The first-order valence-corrected chi connectivity index (χ1v) is 5.64. The van der Waals surface area contributed by atoms with Gasteiger partial charge in [0.05, 0.1) is 5.56 Å². The molecular formula is C13H8Cl2O2. The number of para-hydroxylation sites is 1. The minimum atomic E-state index is -0.547. The lowest BCUT2D eigenvalue weighted by atomic mass is 10.2. The SMILES string of the molecule is O=C(Cl)c1ccccc1Oc1ccc(Cl)cc1.